The predicted octanol–water partition coefficient (Wildman–Crippen LogP) is 0.131. The molecule has 4 amide bonds. The van der Waals surface area contributed by atoms with Crippen LogP contribution >= 0.6 is 0 Å². The molecule has 0 bridgehead atoms. The van der Waals surface area contributed by atoms with E-state index < -0.39 is 61.2 Å². The molecule has 3 heterocycles. The Bertz CT molecular complexity index is 2090. The van der Waals surface area contributed by atoms with Crippen molar-refractivity contribution >= 4 is 41.5 Å². The number of likely N-dealkylation sites (tertiary alicyclic amines) is 1. The summed E-state index contributed by atoms with van der Waals surface area (Å²) in [5, 5.41) is 45.9. The van der Waals surface area contributed by atoms with Gasteiger partial charge in [-0.1, -0.05) is 12.1 Å². The van der Waals surface area contributed by atoms with Crippen molar-refractivity contribution < 1.29 is 62.4 Å². The topological polar surface area (TPSA) is 278 Å². The molecule has 5 rings (SSSR count). The van der Waals surface area contributed by atoms with Gasteiger partial charge in [-0.05, 0) is 55.4 Å². The second kappa shape index (κ2) is 25.7. The molecule has 2 saturated heterocycles. The third-order valence-corrected chi connectivity index (χ3v) is 12.2. The Kier molecular flexibility index (Phi) is 19.9. The van der Waals surface area contributed by atoms with Gasteiger partial charge in [-0.25, -0.2) is 8.78 Å². The number of nitriles is 1. The average molecular weight is 955 g/mol. The number of aromatic nitrogens is 1. The lowest BCUT2D eigenvalue weighted by Crippen LogP contribution is -2.50. The number of rotatable bonds is 19. The number of hydrogen-bond acceptors (Lipinski definition) is 14. The first kappa shape index (κ1) is 52.6. The molecule has 1 atom stereocenters. The van der Waals surface area contributed by atoms with E-state index in [-0.39, 0.29) is 94.7 Å². The fourth-order valence-electron chi connectivity index (χ4n) is 8.52. The molecule has 0 unspecified atom stereocenters. The van der Waals surface area contributed by atoms with E-state index in [1.807, 2.05) is 4.90 Å². The van der Waals surface area contributed by atoms with Gasteiger partial charge in [-0.15, -0.1) is 0 Å². The van der Waals surface area contributed by atoms with Crippen molar-refractivity contribution in [1.29, 1.82) is 5.26 Å². The van der Waals surface area contributed by atoms with E-state index in [2.05, 4.69) is 20.9 Å². The summed E-state index contributed by atoms with van der Waals surface area (Å²) in [5.41, 5.74) is 1.26. The second-order valence-corrected chi connectivity index (χ2v) is 17.3. The molecule has 1 aliphatic carbocycles. The molecule has 23 heteroatoms. The van der Waals surface area contributed by atoms with Gasteiger partial charge in [-0.3, -0.25) is 58.1 Å². The Morgan fingerprint density at radius 3 is 1.82 bits per heavy atom. The molecule has 2 aliphatic heterocycles. The lowest BCUT2D eigenvalue weighted by Gasteiger charge is -2.33. The maximum atomic E-state index is 13.8. The highest BCUT2D eigenvalue weighted by atomic mass is 19.3. The number of carboxylic acid groups (broad SMARTS) is 3. The van der Waals surface area contributed by atoms with Crippen molar-refractivity contribution in [3.63, 3.8) is 0 Å². The minimum atomic E-state index is -3.17. The second-order valence-electron chi connectivity index (χ2n) is 17.3. The van der Waals surface area contributed by atoms with Crippen molar-refractivity contribution in [3.8, 4) is 22.9 Å². The number of carbonyl (C=O) groups is 7. The van der Waals surface area contributed by atoms with Crippen LogP contribution in [0.1, 0.15) is 42.5 Å². The number of alkyl halides is 2. The van der Waals surface area contributed by atoms with Gasteiger partial charge in [0.1, 0.15) is 18.4 Å². The first-order chi connectivity index (χ1) is 32.5. The number of halogens is 2. The van der Waals surface area contributed by atoms with Gasteiger partial charge in [-0.2, -0.15) is 5.26 Å². The molecule has 3 fully saturated rings. The molecule has 21 nitrogen and oxygen atoms in total. The Hall–Kier alpha value is -6.35. The van der Waals surface area contributed by atoms with Crippen molar-refractivity contribution in [3.05, 3.63) is 48.3 Å². The van der Waals surface area contributed by atoms with Crippen molar-refractivity contribution in [2.75, 3.05) is 111 Å². The van der Waals surface area contributed by atoms with Gasteiger partial charge in [0.2, 0.25) is 17.7 Å². The van der Waals surface area contributed by atoms with Crippen LogP contribution in [0.15, 0.2) is 42.7 Å². The Balaban J connectivity index is 1.01. The lowest BCUT2D eigenvalue weighted by atomic mass is 9.81. The Morgan fingerprint density at radius 2 is 1.29 bits per heavy atom. The number of ether oxygens (including phenoxy) is 1. The molecule has 370 valence electrons. The number of nitrogens with one attached hydrogen (secondary N) is 3. The number of nitrogens with zero attached hydrogens (tertiary/aromatic N) is 7. The minimum absolute atomic E-state index is 0.0211. The van der Waals surface area contributed by atoms with Crippen LogP contribution in [0.2, 0.25) is 0 Å². The monoisotopic (exact) mass is 954 g/mol. The van der Waals surface area contributed by atoms with E-state index in [0.29, 0.717) is 62.4 Å². The van der Waals surface area contributed by atoms with Gasteiger partial charge < -0.3 is 40.9 Å². The molecule has 1 saturated carbocycles. The average Bonchev–Trinajstić information content (AvgIpc) is 3.63. The van der Waals surface area contributed by atoms with E-state index in [0.717, 1.165) is 17.7 Å². The fourth-order valence-corrected chi connectivity index (χ4v) is 8.52. The summed E-state index contributed by atoms with van der Waals surface area (Å²) in [6, 6.07) is 8.71. The zero-order chi connectivity index (χ0) is 49.2. The summed E-state index contributed by atoms with van der Waals surface area (Å²) in [4.78, 5) is 98.3. The molecule has 6 N–H and O–H groups in total. The number of benzene rings is 1. The highest BCUT2D eigenvalue weighted by molar-refractivity contribution is 6.02. The van der Waals surface area contributed by atoms with Gasteiger partial charge in [0.05, 0.1) is 57.4 Å². The largest absolute Gasteiger partial charge is 0.492 e. The van der Waals surface area contributed by atoms with Crippen molar-refractivity contribution in [2.24, 2.45) is 11.8 Å². The summed E-state index contributed by atoms with van der Waals surface area (Å²) in [5.74, 6) is -7.51. The van der Waals surface area contributed by atoms with Gasteiger partial charge in [0, 0.05) is 89.2 Å². The molecule has 1 aromatic heterocycles. The van der Waals surface area contributed by atoms with E-state index in [4.69, 9.17) is 4.74 Å². The molecular formula is C45H60F2N10O11. The fraction of sp³-hybridized carbons (Fsp3) is 0.578. The van der Waals surface area contributed by atoms with E-state index in [1.165, 1.54) is 18.5 Å². The summed E-state index contributed by atoms with van der Waals surface area (Å²) in [7, 11) is 0. The van der Waals surface area contributed by atoms with Crippen LogP contribution in [-0.4, -0.2) is 210 Å². The zero-order valence-corrected chi connectivity index (χ0v) is 37.8. The quantitative estimate of drug-likeness (QED) is 0.102. The van der Waals surface area contributed by atoms with E-state index >= 15 is 0 Å². The first-order valence-corrected chi connectivity index (χ1v) is 22.6. The van der Waals surface area contributed by atoms with Crippen LogP contribution < -0.4 is 20.7 Å². The standard InChI is InChI=1S/C45H60F2N10O11/c46-45(47)21-34(22-48)57(30-45)39(59)25-52-44(67)36-9-10-49-24-37(36)32-5-7-35(8-6-32)68-20-11-50-43(66)33-3-1-31(2-4-33)23-51-38(58)26-53-12-14-54(27-40(60)61)16-18-56(29-42(64)65)19-17-55(15-13-53)28-41(62)63/h5-10,24,31,33-34H,1-4,11-21,23,25-30H2,(H,50,66)(H,51,58)(H,52,67)(H,60,61)(H,62,63)(H,64,65)/t31?,33?,34-/m0/s1. The SMILES string of the molecule is N#C[C@@H]1CC(F)(F)CN1C(=O)CNC(=O)c1ccncc1-c1ccc(OCCNC(=O)C2CCC(CNC(=O)CN3CCN(CC(=O)O)CCN(CC(=O)O)CCN(CC(=O)O)CC3)CC2)cc1. The summed E-state index contributed by atoms with van der Waals surface area (Å²) in [6.07, 6.45) is 4.89. The smallest absolute Gasteiger partial charge is 0.317 e. The zero-order valence-electron chi connectivity index (χ0n) is 37.8. The third-order valence-electron chi connectivity index (χ3n) is 12.2. The van der Waals surface area contributed by atoms with E-state index in [1.54, 1.807) is 45.0 Å². The Labute approximate surface area is 392 Å². The van der Waals surface area contributed by atoms with Gasteiger partial charge in [0.15, 0.2) is 0 Å². The molecule has 3 aliphatic rings. The molecule has 0 spiro atoms. The van der Waals surface area contributed by atoms with Gasteiger partial charge in [0.25, 0.3) is 11.8 Å². The van der Waals surface area contributed by atoms with Crippen molar-refractivity contribution in [2.45, 2.75) is 44.1 Å². The van der Waals surface area contributed by atoms with E-state index in [9.17, 15) is 62.9 Å². The predicted molar refractivity (Wildman–Crippen MR) is 238 cm³/mol. The third kappa shape index (κ3) is 17.1. The van der Waals surface area contributed by atoms with Crippen LogP contribution in [0.3, 0.4) is 0 Å². The molecule has 2 aromatic rings. The number of pyridine rings is 1. The van der Waals surface area contributed by atoms with Crippen LogP contribution in [0.25, 0.3) is 11.1 Å². The van der Waals surface area contributed by atoms with Crippen LogP contribution in [0, 0.1) is 23.2 Å². The van der Waals surface area contributed by atoms with Crippen LogP contribution in [0.4, 0.5) is 8.78 Å². The van der Waals surface area contributed by atoms with Crippen LogP contribution in [-0.2, 0) is 28.8 Å². The number of aliphatic carboxylic acids is 3. The summed E-state index contributed by atoms with van der Waals surface area (Å²) >= 11 is 0. The minimum Gasteiger partial charge on any atom is -0.492 e. The normalized spacial score (nSPS) is 21.0. The summed E-state index contributed by atoms with van der Waals surface area (Å²) in [6.45, 7) is 1.07. The number of carboxylic acids is 3. The molecule has 0 radical (unpaired) electrons. The van der Waals surface area contributed by atoms with Crippen molar-refractivity contribution in [1.82, 2.24) is 45.4 Å². The molecule has 1 aromatic carbocycles. The highest BCUT2D eigenvalue weighted by Gasteiger charge is 2.47. The molecule has 68 heavy (non-hydrogen) atoms. The number of carbonyl (C=O) groups excluding carboxylic acids is 4. The Morgan fingerprint density at radius 1 is 0.750 bits per heavy atom. The maximum absolute atomic E-state index is 13.8. The number of hydrogen-bond donors (Lipinski definition) is 6. The number of amides is 4. The van der Waals surface area contributed by atoms with Crippen LogP contribution in [0.5, 0.6) is 5.75 Å². The maximum Gasteiger partial charge on any atom is 0.317 e. The first-order valence-electron chi connectivity index (χ1n) is 22.6. The highest BCUT2D eigenvalue weighted by Crippen LogP contribution is 2.32. The summed E-state index contributed by atoms with van der Waals surface area (Å²) < 4.78 is 33.5. The van der Waals surface area contributed by atoms with Gasteiger partial charge >= 0.3 is 17.9 Å². The molecular weight excluding hydrogens is 895 g/mol. The lowest BCUT2D eigenvalue weighted by molar-refractivity contribution is -0.140.